The van der Waals surface area contributed by atoms with E-state index < -0.39 is 0 Å². The molecule has 1 aliphatic heterocycles. The number of fused-ring (bicyclic) bond motifs is 2. The topological polar surface area (TPSA) is 29.9 Å². The van der Waals surface area contributed by atoms with Crippen LogP contribution in [-0.4, -0.2) is 16.1 Å². The van der Waals surface area contributed by atoms with Crippen LogP contribution in [0, 0.1) is 0 Å². The van der Waals surface area contributed by atoms with Gasteiger partial charge in [0.1, 0.15) is 5.82 Å². The van der Waals surface area contributed by atoms with Crippen molar-refractivity contribution in [1.82, 2.24) is 9.55 Å². The monoisotopic (exact) mass is 263 g/mol. The number of benzene rings is 2. The number of hydrogen-bond donors (Lipinski definition) is 1. The quantitative estimate of drug-likeness (QED) is 0.730. The third-order valence-corrected chi connectivity index (χ3v) is 4.21. The van der Waals surface area contributed by atoms with E-state index in [1.54, 1.807) is 0 Å². The summed E-state index contributed by atoms with van der Waals surface area (Å²) >= 11 is 0. The van der Waals surface area contributed by atoms with Crippen molar-refractivity contribution >= 4 is 16.7 Å². The fraction of sp³-hybridized carbons (Fsp3) is 0.235. The summed E-state index contributed by atoms with van der Waals surface area (Å²) in [6, 6.07) is 16.9. The molecule has 1 unspecified atom stereocenters. The number of rotatable bonds is 1. The number of nitrogens with one attached hydrogen (secondary N) is 1. The second kappa shape index (κ2) is 4.37. The molecule has 0 spiro atoms. The molecule has 20 heavy (non-hydrogen) atoms. The molecule has 0 saturated heterocycles. The van der Waals surface area contributed by atoms with Crippen molar-refractivity contribution in [3.8, 4) is 0 Å². The standard InChI is InChI=1S/C17H17N3/c1-20-16-9-5-4-8-15(16)19-17(20)13-10-12-6-2-3-7-14(12)18-11-13/h2-9,13,18H,10-11H2,1H3. The first kappa shape index (κ1) is 11.5. The Labute approximate surface area is 118 Å². The van der Waals surface area contributed by atoms with Crippen LogP contribution in [0.2, 0.25) is 0 Å². The predicted molar refractivity (Wildman–Crippen MR) is 82.1 cm³/mol. The summed E-state index contributed by atoms with van der Waals surface area (Å²) in [5.74, 6) is 1.61. The molecule has 0 radical (unpaired) electrons. The number of imidazole rings is 1. The summed E-state index contributed by atoms with van der Waals surface area (Å²) in [5.41, 5.74) is 4.95. The van der Waals surface area contributed by atoms with Gasteiger partial charge in [0.05, 0.1) is 11.0 Å². The highest BCUT2D eigenvalue weighted by atomic mass is 15.1. The van der Waals surface area contributed by atoms with E-state index >= 15 is 0 Å². The van der Waals surface area contributed by atoms with Crippen molar-refractivity contribution in [2.24, 2.45) is 7.05 Å². The third-order valence-electron chi connectivity index (χ3n) is 4.21. The fourth-order valence-corrected chi connectivity index (χ4v) is 3.15. The van der Waals surface area contributed by atoms with Crippen molar-refractivity contribution in [2.45, 2.75) is 12.3 Å². The Bertz CT molecular complexity index is 773. The van der Waals surface area contributed by atoms with Gasteiger partial charge in [0.25, 0.3) is 0 Å². The highest BCUT2D eigenvalue weighted by molar-refractivity contribution is 5.76. The Balaban J connectivity index is 1.76. The van der Waals surface area contributed by atoms with Crippen molar-refractivity contribution < 1.29 is 0 Å². The molecule has 3 heteroatoms. The normalized spacial score (nSPS) is 17.8. The van der Waals surface area contributed by atoms with Gasteiger partial charge in [-0.05, 0) is 30.2 Å². The first-order valence-corrected chi connectivity index (χ1v) is 7.06. The summed E-state index contributed by atoms with van der Waals surface area (Å²) in [4.78, 5) is 4.83. The van der Waals surface area contributed by atoms with Crippen molar-refractivity contribution in [2.75, 3.05) is 11.9 Å². The Hall–Kier alpha value is -2.29. The molecule has 0 amide bonds. The second-order valence-electron chi connectivity index (χ2n) is 5.46. The Morgan fingerprint density at radius 1 is 1.10 bits per heavy atom. The van der Waals surface area contributed by atoms with Gasteiger partial charge in [-0.15, -0.1) is 0 Å². The smallest absolute Gasteiger partial charge is 0.114 e. The van der Waals surface area contributed by atoms with Crippen LogP contribution in [0.4, 0.5) is 5.69 Å². The summed E-state index contributed by atoms with van der Waals surface area (Å²) in [7, 11) is 2.12. The average molecular weight is 263 g/mol. The van der Waals surface area contributed by atoms with Crippen LogP contribution in [-0.2, 0) is 13.5 Å². The lowest BCUT2D eigenvalue weighted by molar-refractivity contribution is 0.624. The van der Waals surface area contributed by atoms with Crippen LogP contribution in [0.3, 0.4) is 0 Å². The lowest BCUT2D eigenvalue weighted by atomic mass is 9.93. The molecule has 1 N–H and O–H groups in total. The van der Waals surface area contributed by atoms with E-state index in [4.69, 9.17) is 4.98 Å². The van der Waals surface area contributed by atoms with Crippen LogP contribution in [0.25, 0.3) is 11.0 Å². The van der Waals surface area contributed by atoms with Crippen LogP contribution in [0.1, 0.15) is 17.3 Å². The van der Waals surface area contributed by atoms with Gasteiger partial charge in [-0.1, -0.05) is 30.3 Å². The maximum atomic E-state index is 4.83. The zero-order chi connectivity index (χ0) is 13.5. The summed E-state index contributed by atoms with van der Waals surface area (Å²) in [5, 5.41) is 3.53. The molecule has 1 aliphatic rings. The molecule has 0 aliphatic carbocycles. The molecule has 3 nitrogen and oxygen atoms in total. The molecule has 2 aromatic carbocycles. The molecular formula is C17H17N3. The molecule has 0 saturated carbocycles. The SMILES string of the molecule is Cn1c(C2CNc3ccccc3C2)nc2ccccc21. The number of nitrogens with zero attached hydrogens (tertiary/aromatic N) is 2. The first-order chi connectivity index (χ1) is 9.83. The summed E-state index contributed by atoms with van der Waals surface area (Å²) in [6.07, 6.45) is 1.06. The van der Waals surface area contributed by atoms with E-state index in [2.05, 4.69) is 59.4 Å². The largest absolute Gasteiger partial charge is 0.384 e. The summed E-state index contributed by atoms with van der Waals surface area (Å²) in [6.45, 7) is 0.953. The van der Waals surface area contributed by atoms with E-state index in [9.17, 15) is 0 Å². The van der Waals surface area contributed by atoms with Crippen LogP contribution in [0.15, 0.2) is 48.5 Å². The highest BCUT2D eigenvalue weighted by Gasteiger charge is 2.23. The van der Waals surface area contributed by atoms with Crippen molar-refractivity contribution in [3.05, 3.63) is 59.9 Å². The predicted octanol–water partition coefficient (Wildman–Crippen LogP) is 3.33. The van der Waals surface area contributed by atoms with E-state index in [-0.39, 0.29) is 0 Å². The molecule has 0 bridgehead atoms. The van der Waals surface area contributed by atoms with Crippen LogP contribution >= 0.6 is 0 Å². The minimum atomic E-state index is 0.433. The lowest BCUT2D eigenvalue weighted by Gasteiger charge is -2.25. The minimum absolute atomic E-state index is 0.433. The third kappa shape index (κ3) is 1.70. The van der Waals surface area contributed by atoms with Gasteiger partial charge in [-0.2, -0.15) is 0 Å². The zero-order valence-corrected chi connectivity index (χ0v) is 11.5. The summed E-state index contributed by atoms with van der Waals surface area (Å²) < 4.78 is 2.23. The fourth-order valence-electron chi connectivity index (χ4n) is 3.15. The van der Waals surface area contributed by atoms with Crippen LogP contribution < -0.4 is 5.32 Å². The second-order valence-corrected chi connectivity index (χ2v) is 5.46. The molecule has 0 fully saturated rings. The van der Waals surface area contributed by atoms with Crippen molar-refractivity contribution in [3.63, 3.8) is 0 Å². The highest BCUT2D eigenvalue weighted by Crippen LogP contribution is 2.31. The number of aryl methyl sites for hydroxylation is 1. The van der Waals surface area contributed by atoms with E-state index in [1.165, 1.54) is 22.6 Å². The maximum Gasteiger partial charge on any atom is 0.114 e. The van der Waals surface area contributed by atoms with E-state index in [1.807, 2.05) is 6.07 Å². The number of hydrogen-bond acceptors (Lipinski definition) is 2. The zero-order valence-electron chi connectivity index (χ0n) is 11.5. The molecular weight excluding hydrogens is 246 g/mol. The number of aromatic nitrogens is 2. The van der Waals surface area contributed by atoms with E-state index in [0.717, 1.165) is 18.5 Å². The number of para-hydroxylation sites is 3. The molecule has 4 rings (SSSR count). The van der Waals surface area contributed by atoms with Gasteiger partial charge < -0.3 is 9.88 Å². The van der Waals surface area contributed by atoms with Crippen LogP contribution in [0.5, 0.6) is 0 Å². The molecule has 3 aromatic rings. The van der Waals surface area contributed by atoms with Gasteiger partial charge in [0, 0.05) is 25.2 Å². The van der Waals surface area contributed by atoms with Gasteiger partial charge in [0.2, 0.25) is 0 Å². The Morgan fingerprint density at radius 2 is 1.90 bits per heavy atom. The minimum Gasteiger partial charge on any atom is -0.384 e. The van der Waals surface area contributed by atoms with Gasteiger partial charge >= 0.3 is 0 Å². The Morgan fingerprint density at radius 3 is 2.80 bits per heavy atom. The molecule has 1 aromatic heterocycles. The average Bonchev–Trinajstić information content (AvgIpc) is 2.84. The Kier molecular flexibility index (Phi) is 2.52. The lowest BCUT2D eigenvalue weighted by Crippen LogP contribution is -2.23. The molecule has 1 atom stereocenters. The van der Waals surface area contributed by atoms with Crippen molar-refractivity contribution in [1.29, 1.82) is 0 Å². The molecule has 100 valence electrons. The maximum absolute atomic E-state index is 4.83. The first-order valence-electron chi connectivity index (χ1n) is 7.06. The van der Waals surface area contributed by atoms with Gasteiger partial charge in [-0.3, -0.25) is 0 Å². The van der Waals surface area contributed by atoms with Gasteiger partial charge in [0.15, 0.2) is 0 Å². The van der Waals surface area contributed by atoms with Gasteiger partial charge in [-0.25, -0.2) is 4.98 Å². The van der Waals surface area contributed by atoms with E-state index in [0.29, 0.717) is 5.92 Å². The molecule has 2 heterocycles. The number of anilines is 1.